The molecule has 38 valence electrons. The van der Waals surface area contributed by atoms with Crippen LogP contribution in [0, 0.1) is 0 Å². The summed E-state index contributed by atoms with van der Waals surface area (Å²) < 4.78 is 0. The molecule has 0 unspecified atom stereocenters. The molecule has 0 atom stereocenters. The van der Waals surface area contributed by atoms with Crippen molar-refractivity contribution >= 4 is 26.2 Å². The first-order chi connectivity index (χ1) is 0. The summed E-state index contributed by atoms with van der Waals surface area (Å²) in [5.41, 5.74) is 0. The summed E-state index contributed by atoms with van der Waals surface area (Å²) in [5, 5.41) is 0. The minimum absolute atomic E-state index is 0. The molecule has 0 nitrogen and oxygen atoms in total. The van der Waals surface area contributed by atoms with Crippen LogP contribution in [0.3, 0.4) is 0 Å². The van der Waals surface area contributed by atoms with Gasteiger partial charge < -0.3 is 0 Å². The Kier molecular flexibility index (Phi) is 113. The smallest absolute Gasteiger partial charge is 0 e. The Balaban J connectivity index is 0. The second-order valence-corrected chi connectivity index (χ2v) is 0. The van der Waals surface area contributed by atoms with E-state index in [4.69, 9.17) is 0 Å². The van der Waals surface area contributed by atoms with Crippen LogP contribution >= 0.6 is 0 Å². The minimum Gasteiger partial charge on any atom is 0 e. The molecule has 6 radical (unpaired) electrons. The molecule has 0 saturated carbocycles. The van der Waals surface area contributed by atoms with Gasteiger partial charge >= 0.3 is 0 Å². The van der Waals surface area contributed by atoms with Crippen molar-refractivity contribution in [3.63, 3.8) is 0 Å². The maximum atomic E-state index is 0. The van der Waals surface area contributed by atoms with Crippen LogP contribution in [0.5, 0.6) is 0 Å². The summed E-state index contributed by atoms with van der Waals surface area (Å²) in [6.07, 6.45) is 0. The third-order valence-corrected chi connectivity index (χ3v) is 0. The first-order valence-corrected chi connectivity index (χ1v) is 0. The third kappa shape index (κ3) is 8.92. The molecular weight excluding hydrogens is 533 g/mol. The average molecular weight is 533 g/mol. The van der Waals surface area contributed by atoms with Crippen LogP contribution in [-0.2, 0) is 67.1 Å². The molecule has 0 aromatic heterocycles. The van der Waals surface area contributed by atoms with E-state index in [0.29, 0.717) is 0 Å². The van der Waals surface area contributed by atoms with Gasteiger partial charge in [0.15, 0.2) is 0 Å². The minimum atomic E-state index is 0. The Bertz CT molecular complexity index is 3.25. The molecule has 0 aliphatic heterocycles. The topological polar surface area (TPSA) is 0 Å². The second-order valence-electron chi connectivity index (χ2n) is 0. The predicted molar refractivity (Wildman–Crippen MR) is 5.75 cm³/mol. The summed E-state index contributed by atoms with van der Waals surface area (Å²) in [7, 11) is 0. The van der Waals surface area contributed by atoms with Crippen molar-refractivity contribution < 1.29 is 67.1 Å². The Hall–Kier alpha value is 3.10. The molecule has 0 N–H and O–H groups in total. The summed E-state index contributed by atoms with van der Waals surface area (Å²) in [5.74, 6) is 0. The van der Waals surface area contributed by atoms with Gasteiger partial charge in [-0.3, -0.25) is 0 Å². The van der Waals surface area contributed by atoms with Gasteiger partial charge in [0.05, 0.1) is 0 Å². The van der Waals surface area contributed by atoms with Crippen molar-refractivity contribution in [2.75, 3.05) is 0 Å². The van der Waals surface area contributed by atoms with Gasteiger partial charge in [0.2, 0.25) is 0 Å². The molecule has 4 heavy (non-hydrogen) atoms. The molecule has 0 amide bonds. The van der Waals surface area contributed by atoms with Crippen molar-refractivity contribution in [1.29, 1.82) is 0 Å². The van der Waals surface area contributed by atoms with Crippen molar-refractivity contribution in [2.24, 2.45) is 0 Å². The van der Waals surface area contributed by atoms with Crippen molar-refractivity contribution in [2.45, 2.75) is 0 Å². The van der Waals surface area contributed by atoms with Crippen LogP contribution < -0.4 is 0 Å². The normalized spacial score (nSPS) is 0. The quantitative estimate of drug-likeness (QED) is 0.373. The summed E-state index contributed by atoms with van der Waals surface area (Å²) in [4.78, 5) is 0. The van der Waals surface area contributed by atoms with Crippen LogP contribution in [0.15, 0.2) is 0 Å². The monoisotopic (exact) mass is 530 g/mol. The largest absolute Gasteiger partial charge is 0 e. The van der Waals surface area contributed by atoms with Crippen molar-refractivity contribution in [3.8, 4) is 0 Å². The number of hydrogen-bond donors (Lipinski definition) is 0. The average Bonchev–Trinajstić information content (AvgIpc) is 0. The van der Waals surface area contributed by atoms with Crippen LogP contribution in [0.1, 0.15) is 0 Å². The van der Waals surface area contributed by atoms with Gasteiger partial charge in [-0.05, 0) is 0 Å². The molecule has 0 fully saturated rings. The van der Waals surface area contributed by atoms with E-state index in [1.54, 1.807) is 0 Å². The fourth-order valence-electron chi connectivity index (χ4n) is 0. The standard InChI is InChI=1S/3Ag.Bi. The van der Waals surface area contributed by atoms with Gasteiger partial charge in [-0.25, -0.2) is 0 Å². The molecular formula is Ag3Bi. The molecule has 0 bridgehead atoms. The molecule has 0 aromatic rings. The predicted octanol–water partition coefficient (Wildman–Crippen LogP) is -0.388. The third-order valence-electron chi connectivity index (χ3n) is 0. The Labute approximate surface area is 91.5 Å². The molecule has 0 saturated heterocycles. The van der Waals surface area contributed by atoms with E-state index in [2.05, 4.69) is 0 Å². The maximum Gasteiger partial charge on any atom is 0 e. The molecule has 0 aliphatic carbocycles. The fourth-order valence-corrected chi connectivity index (χ4v) is 0. The van der Waals surface area contributed by atoms with Gasteiger partial charge in [0.25, 0.3) is 0 Å². The van der Waals surface area contributed by atoms with Crippen LogP contribution in [-0.4, -0.2) is 26.2 Å². The zero-order chi connectivity index (χ0) is 0. The molecule has 0 rings (SSSR count). The van der Waals surface area contributed by atoms with Crippen LogP contribution in [0.25, 0.3) is 0 Å². The first kappa shape index (κ1) is 27.5. The molecule has 0 heterocycles. The van der Waals surface area contributed by atoms with Crippen molar-refractivity contribution in [3.05, 3.63) is 0 Å². The zero-order valence-electron chi connectivity index (χ0n) is 1.35. The van der Waals surface area contributed by atoms with E-state index < -0.39 is 0 Å². The van der Waals surface area contributed by atoms with Crippen LogP contribution in [0.4, 0.5) is 0 Å². The van der Waals surface area contributed by atoms with E-state index >= 15 is 0 Å². The SMILES string of the molecule is [Ag].[Ag].[Ag].[Bi]. The maximum absolute atomic E-state index is 0. The zero-order valence-corrected chi connectivity index (χ0v) is 9.28. The van der Waals surface area contributed by atoms with E-state index in [1.807, 2.05) is 0 Å². The van der Waals surface area contributed by atoms with E-state index in [1.165, 1.54) is 0 Å². The van der Waals surface area contributed by atoms with Gasteiger partial charge in [-0.15, -0.1) is 0 Å². The fraction of sp³-hybridized carbons (Fsp3) is 0. The molecule has 4 heteroatoms. The van der Waals surface area contributed by atoms with Crippen LogP contribution in [0.2, 0.25) is 0 Å². The van der Waals surface area contributed by atoms with Gasteiger partial charge in [-0.2, -0.15) is 0 Å². The molecule has 0 aliphatic rings. The Morgan fingerprint density at radius 1 is 0.500 bits per heavy atom. The summed E-state index contributed by atoms with van der Waals surface area (Å²) in [6.45, 7) is 0. The Morgan fingerprint density at radius 3 is 0.500 bits per heavy atom. The van der Waals surface area contributed by atoms with E-state index in [0.717, 1.165) is 0 Å². The second kappa shape index (κ2) is 16.5. The summed E-state index contributed by atoms with van der Waals surface area (Å²) >= 11 is 0. The Morgan fingerprint density at radius 2 is 0.500 bits per heavy atom. The first-order valence-electron chi connectivity index (χ1n) is 0. The molecule has 0 aromatic carbocycles. The van der Waals surface area contributed by atoms with E-state index in [9.17, 15) is 0 Å². The van der Waals surface area contributed by atoms with Crippen molar-refractivity contribution in [1.82, 2.24) is 0 Å². The van der Waals surface area contributed by atoms with E-state index in [-0.39, 0.29) is 93.3 Å². The molecule has 0 spiro atoms. The summed E-state index contributed by atoms with van der Waals surface area (Å²) in [6, 6.07) is 0. The van der Waals surface area contributed by atoms with Gasteiger partial charge in [-0.1, -0.05) is 0 Å². The number of hydrogen-bond acceptors (Lipinski definition) is 0. The van der Waals surface area contributed by atoms with Gasteiger partial charge in [0, 0.05) is 93.3 Å². The number of rotatable bonds is 0. The van der Waals surface area contributed by atoms with Gasteiger partial charge in [0.1, 0.15) is 0 Å².